The van der Waals surface area contributed by atoms with Gasteiger partial charge in [0.1, 0.15) is 13.2 Å². The van der Waals surface area contributed by atoms with Crippen LogP contribution in [0.15, 0.2) is 12.2 Å². The van der Waals surface area contributed by atoms with Crippen LogP contribution in [0.3, 0.4) is 0 Å². The van der Waals surface area contributed by atoms with Gasteiger partial charge in [-0.25, -0.2) is 0 Å². The first-order valence-electron chi connectivity index (χ1n) is 14.1. The van der Waals surface area contributed by atoms with Gasteiger partial charge in [0.25, 0.3) is 0 Å². The Morgan fingerprint density at radius 3 is 1.74 bits per heavy atom. The molecular weight excluding hydrogens is 490 g/mol. The van der Waals surface area contributed by atoms with Crippen molar-refractivity contribution in [3.63, 3.8) is 0 Å². The Bertz CT molecular complexity index is 653. The molecule has 0 saturated heterocycles. The summed E-state index contributed by atoms with van der Waals surface area (Å²) in [4.78, 5) is 52.1. The van der Waals surface area contributed by atoms with Crippen LogP contribution in [-0.4, -0.2) is 100 Å². The van der Waals surface area contributed by atoms with E-state index in [9.17, 15) is 19.2 Å². The van der Waals surface area contributed by atoms with E-state index in [0.29, 0.717) is 32.6 Å². The van der Waals surface area contributed by atoms with Crippen molar-refractivity contribution in [1.82, 2.24) is 15.1 Å². The van der Waals surface area contributed by atoms with Crippen LogP contribution in [0.5, 0.6) is 0 Å². The normalized spacial score (nSPS) is 11.1. The zero-order chi connectivity index (χ0) is 28.4. The maximum atomic E-state index is 12.7. The van der Waals surface area contributed by atoms with Crippen molar-refractivity contribution in [3.8, 4) is 0 Å². The van der Waals surface area contributed by atoms with E-state index in [-0.39, 0.29) is 38.2 Å². The SMILES string of the molecule is CCCCCCC(=O)OCCN(CCOC(=O)CCCCCC)C(=O)C=CC(=O)NCCOCCN(C)C. The molecule has 0 saturated carbocycles. The molecule has 0 aromatic rings. The third kappa shape index (κ3) is 22.7. The molecule has 0 unspecified atom stereocenters. The first-order valence-corrected chi connectivity index (χ1v) is 14.1. The number of nitrogens with one attached hydrogen (secondary N) is 1. The molecule has 0 atom stereocenters. The van der Waals surface area contributed by atoms with E-state index in [1.807, 2.05) is 19.0 Å². The summed E-state index contributed by atoms with van der Waals surface area (Å²) in [5.41, 5.74) is 0. The van der Waals surface area contributed by atoms with E-state index in [2.05, 4.69) is 19.2 Å². The van der Waals surface area contributed by atoms with Crippen molar-refractivity contribution < 1.29 is 33.4 Å². The number of nitrogens with zero attached hydrogens (tertiary/aromatic N) is 2. The quantitative estimate of drug-likeness (QED) is 0.113. The largest absolute Gasteiger partial charge is 0.464 e. The molecule has 0 bridgehead atoms. The molecule has 0 aromatic heterocycles. The van der Waals surface area contributed by atoms with Crippen LogP contribution >= 0.6 is 0 Å². The van der Waals surface area contributed by atoms with Gasteiger partial charge in [0.05, 0.1) is 26.3 Å². The summed E-state index contributed by atoms with van der Waals surface area (Å²) in [6.45, 7) is 6.62. The van der Waals surface area contributed by atoms with Gasteiger partial charge in [-0.3, -0.25) is 19.2 Å². The molecule has 0 aliphatic heterocycles. The number of esters is 2. The van der Waals surface area contributed by atoms with Crippen molar-refractivity contribution in [2.75, 3.05) is 66.7 Å². The van der Waals surface area contributed by atoms with Crippen molar-refractivity contribution in [2.45, 2.75) is 78.1 Å². The maximum absolute atomic E-state index is 12.7. The molecule has 0 fully saturated rings. The number of hydrogen-bond acceptors (Lipinski definition) is 8. The summed E-state index contributed by atoms with van der Waals surface area (Å²) in [5.74, 6) is -1.43. The van der Waals surface area contributed by atoms with Crippen molar-refractivity contribution in [2.24, 2.45) is 0 Å². The van der Waals surface area contributed by atoms with E-state index in [0.717, 1.165) is 64.0 Å². The summed E-state index contributed by atoms with van der Waals surface area (Å²) in [7, 11) is 3.90. The van der Waals surface area contributed by atoms with Gasteiger partial charge in [0.2, 0.25) is 11.8 Å². The zero-order valence-electron chi connectivity index (χ0n) is 24.1. The van der Waals surface area contributed by atoms with Gasteiger partial charge in [-0.15, -0.1) is 0 Å². The number of ether oxygens (including phenoxy) is 3. The summed E-state index contributed by atoms with van der Waals surface area (Å²) < 4.78 is 16.0. The molecule has 0 rings (SSSR count). The highest BCUT2D eigenvalue weighted by Gasteiger charge is 2.14. The fourth-order valence-electron chi connectivity index (χ4n) is 3.31. The number of unbranched alkanes of at least 4 members (excludes halogenated alkanes) is 6. The smallest absolute Gasteiger partial charge is 0.305 e. The average Bonchev–Trinajstić information content (AvgIpc) is 2.88. The van der Waals surface area contributed by atoms with Crippen LogP contribution in [0, 0.1) is 0 Å². The molecule has 1 N–H and O–H groups in total. The Morgan fingerprint density at radius 1 is 0.684 bits per heavy atom. The van der Waals surface area contributed by atoms with E-state index in [1.54, 1.807) is 0 Å². The monoisotopic (exact) mass is 541 g/mol. The molecule has 0 aromatic carbocycles. The third-order valence-corrected chi connectivity index (χ3v) is 5.63. The number of rotatable bonds is 24. The topological polar surface area (TPSA) is 114 Å². The molecule has 2 amide bonds. The highest BCUT2D eigenvalue weighted by Crippen LogP contribution is 2.05. The highest BCUT2D eigenvalue weighted by molar-refractivity contribution is 5.96. The molecule has 0 aliphatic carbocycles. The molecular formula is C28H51N3O7. The molecule has 0 radical (unpaired) electrons. The van der Waals surface area contributed by atoms with E-state index < -0.39 is 11.8 Å². The number of carbonyl (C=O) groups is 4. The van der Waals surface area contributed by atoms with Crippen molar-refractivity contribution in [3.05, 3.63) is 12.2 Å². The fraction of sp³-hybridized carbons (Fsp3) is 0.786. The molecule has 0 spiro atoms. The van der Waals surface area contributed by atoms with Crippen LogP contribution in [0.4, 0.5) is 0 Å². The predicted molar refractivity (Wildman–Crippen MR) is 148 cm³/mol. The lowest BCUT2D eigenvalue weighted by Gasteiger charge is -2.21. The van der Waals surface area contributed by atoms with E-state index in [4.69, 9.17) is 14.2 Å². The van der Waals surface area contributed by atoms with Crippen molar-refractivity contribution >= 4 is 23.8 Å². The zero-order valence-corrected chi connectivity index (χ0v) is 24.1. The van der Waals surface area contributed by atoms with Gasteiger partial charge in [-0.05, 0) is 26.9 Å². The molecule has 0 aliphatic rings. The minimum atomic E-state index is -0.430. The Hall–Kier alpha value is -2.46. The third-order valence-electron chi connectivity index (χ3n) is 5.63. The van der Waals surface area contributed by atoms with E-state index >= 15 is 0 Å². The second kappa shape index (κ2) is 24.9. The standard InChI is InChI=1S/C28H51N3O7/c1-5-7-9-11-13-27(34)37-23-19-31(20-24-38-28(35)14-12-10-8-6-2)26(33)16-15-25(32)29-17-21-36-22-18-30(3)4/h15-16H,5-14,17-24H2,1-4H3,(H,29,32). The number of amides is 2. The van der Waals surface area contributed by atoms with Gasteiger partial charge >= 0.3 is 11.9 Å². The highest BCUT2D eigenvalue weighted by atomic mass is 16.5. The van der Waals surface area contributed by atoms with Gasteiger partial charge in [0, 0.05) is 38.1 Å². The van der Waals surface area contributed by atoms with Gasteiger partial charge in [-0.2, -0.15) is 0 Å². The minimum absolute atomic E-state index is 0.0354. The maximum Gasteiger partial charge on any atom is 0.305 e. The summed E-state index contributed by atoms with van der Waals surface area (Å²) in [6, 6.07) is 0. The fourth-order valence-corrected chi connectivity index (χ4v) is 3.31. The molecule has 0 heterocycles. The van der Waals surface area contributed by atoms with Crippen LogP contribution < -0.4 is 5.32 Å². The molecule has 220 valence electrons. The van der Waals surface area contributed by atoms with Gasteiger partial charge in [-0.1, -0.05) is 52.4 Å². The van der Waals surface area contributed by atoms with Gasteiger partial charge < -0.3 is 29.3 Å². The molecule has 38 heavy (non-hydrogen) atoms. The second-order valence-corrected chi connectivity index (χ2v) is 9.43. The first kappa shape index (κ1) is 35.5. The second-order valence-electron chi connectivity index (χ2n) is 9.43. The Labute approximate surface area is 229 Å². The van der Waals surface area contributed by atoms with E-state index in [1.165, 1.54) is 11.0 Å². The summed E-state index contributed by atoms with van der Waals surface area (Å²) in [5, 5.41) is 2.66. The molecule has 10 nitrogen and oxygen atoms in total. The average molecular weight is 542 g/mol. The Morgan fingerprint density at radius 2 is 1.24 bits per heavy atom. The minimum Gasteiger partial charge on any atom is -0.464 e. The number of likely N-dealkylation sites (N-methyl/N-ethyl adjacent to an activating group) is 1. The summed E-state index contributed by atoms with van der Waals surface area (Å²) in [6.07, 6.45) is 10.9. The van der Waals surface area contributed by atoms with Crippen LogP contribution in [0.25, 0.3) is 0 Å². The Balaban J connectivity index is 4.60. The number of carbonyl (C=O) groups excluding carboxylic acids is 4. The lowest BCUT2D eigenvalue weighted by atomic mass is 10.2. The lowest BCUT2D eigenvalue weighted by Crippen LogP contribution is -2.36. The Kier molecular flexibility index (Phi) is 23.2. The number of hydrogen-bond donors (Lipinski definition) is 1. The van der Waals surface area contributed by atoms with Gasteiger partial charge in [0.15, 0.2) is 0 Å². The van der Waals surface area contributed by atoms with Crippen LogP contribution in [0.1, 0.15) is 78.1 Å². The summed E-state index contributed by atoms with van der Waals surface area (Å²) >= 11 is 0. The molecule has 10 heteroatoms. The van der Waals surface area contributed by atoms with Crippen LogP contribution in [0.2, 0.25) is 0 Å². The van der Waals surface area contributed by atoms with Crippen LogP contribution in [-0.2, 0) is 33.4 Å². The van der Waals surface area contributed by atoms with Crippen molar-refractivity contribution in [1.29, 1.82) is 0 Å². The predicted octanol–water partition coefficient (Wildman–Crippen LogP) is 3.09. The first-order chi connectivity index (χ1) is 18.3. The lowest BCUT2D eigenvalue weighted by molar-refractivity contribution is -0.146.